The first-order valence-electron chi connectivity index (χ1n) is 5.94. The molecule has 2 aromatic heterocycles. The number of phenolic OH excluding ortho intramolecular Hbond substituents is 1. The van der Waals surface area contributed by atoms with Gasteiger partial charge in [0.2, 0.25) is 5.78 Å². The number of hydrogen-bond acceptors (Lipinski definition) is 3. The van der Waals surface area contributed by atoms with Crippen molar-refractivity contribution in [1.29, 1.82) is 0 Å². The van der Waals surface area contributed by atoms with E-state index in [0.717, 1.165) is 30.6 Å². The van der Waals surface area contributed by atoms with E-state index in [9.17, 15) is 27.5 Å². The highest BCUT2D eigenvalue weighted by Gasteiger charge is 2.35. The zero-order valence-electron chi connectivity index (χ0n) is 10.7. The Hall–Kier alpha value is -2.84. The van der Waals surface area contributed by atoms with Crippen LogP contribution in [0.3, 0.4) is 0 Å². The van der Waals surface area contributed by atoms with Crippen LogP contribution in [0.5, 0.6) is 5.75 Å². The van der Waals surface area contributed by atoms with Gasteiger partial charge in [0, 0.05) is 24.5 Å². The Kier molecular flexibility index (Phi) is 2.94. The van der Waals surface area contributed by atoms with Gasteiger partial charge in [0.05, 0.1) is 5.69 Å². The quantitative estimate of drug-likeness (QED) is 0.702. The van der Waals surface area contributed by atoms with Crippen molar-refractivity contribution in [1.82, 2.24) is 14.0 Å². The molecule has 0 radical (unpaired) electrons. The van der Waals surface area contributed by atoms with Gasteiger partial charge in [-0.05, 0) is 12.1 Å². The number of fused-ring (bicyclic) bond motifs is 1. The van der Waals surface area contributed by atoms with Crippen molar-refractivity contribution in [3.8, 4) is 11.4 Å². The van der Waals surface area contributed by atoms with Gasteiger partial charge in [-0.1, -0.05) is 0 Å². The van der Waals surface area contributed by atoms with Crippen LogP contribution in [0.1, 0.15) is 5.69 Å². The lowest BCUT2D eigenvalue weighted by atomic mass is 10.2. The normalized spacial score (nSPS) is 12.0. The summed E-state index contributed by atoms with van der Waals surface area (Å²) in [6.45, 7) is 0. The van der Waals surface area contributed by atoms with E-state index >= 15 is 0 Å². The fourth-order valence-corrected chi connectivity index (χ4v) is 2.12. The fourth-order valence-electron chi connectivity index (χ4n) is 2.12. The van der Waals surface area contributed by atoms with Crippen molar-refractivity contribution in [3.63, 3.8) is 0 Å². The highest BCUT2D eigenvalue weighted by atomic mass is 19.4. The Bertz CT molecular complexity index is 927. The van der Waals surface area contributed by atoms with Gasteiger partial charge in [0.15, 0.2) is 5.82 Å². The highest BCUT2D eigenvalue weighted by molar-refractivity contribution is 5.47. The molecule has 5 nitrogen and oxygen atoms in total. The molecule has 0 amide bonds. The van der Waals surface area contributed by atoms with E-state index in [-0.39, 0.29) is 17.2 Å². The Morgan fingerprint density at radius 1 is 1.18 bits per heavy atom. The zero-order valence-corrected chi connectivity index (χ0v) is 10.7. The number of halogens is 4. The minimum Gasteiger partial charge on any atom is -0.508 e. The standard InChI is InChI=1S/C13H7F4N3O2/c14-8-5-7(21)1-2-9(8)20-11(22)6-10(13(15,16)17)19-4-3-18-12(19)20/h1-6,21H. The van der Waals surface area contributed by atoms with E-state index in [1.807, 2.05) is 0 Å². The number of alkyl halides is 3. The molecule has 0 aliphatic heterocycles. The lowest BCUT2D eigenvalue weighted by molar-refractivity contribution is -0.142. The van der Waals surface area contributed by atoms with Gasteiger partial charge in [-0.25, -0.2) is 13.9 Å². The molecule has 0 aliphatic rings. The predicted molar refractivity (Wildman–Crippen MR) is 67.4 cm³/mol. The van der Waals surface area contributed by atoms with Crippen LogP contribution >= 0.6 is 0 Å². The van der Waals surface area contributed by atoms with Gasteiger partial charge in [0.25, 0.3) is 5.56 Å². The minimum absolute atomic E-state index is 0.312. The molecule has 0 bridgehead atoms. The van der Waals surface area contributed by atoms with Gasteiger partial charge < -0.3 is 5.11 Å². The number of benzene rings is 1. The summed E-state index contributed by atoms with van der Waals surface area (Å²) in [4.78, 5) is 15.7. The lowest BCUT2D eigenvalue weighted by Gasteiger charge is -2.13. The van der Waals surface area contributed by atoms with Gasteiger partial charge in [-0.3, -0.25) is 9.20 Å². The first-order chi connectivity index (χ1) is 10.3. The number of rotatable bonds is 1. The molecule has 0 spiro atoms. The molecule has 3 aromatic rings. The second-order valence-corrected chi connectivity index (χ2v) is 4.43. The third-order valence-corrected chi connectivity index (χ3v) is 3.02. The van der Waals surface area contributed by atoms with Gasteiger partial charge in [-0.15, -0.1) is 0 Å². The van der Waals surface area contributed by atoms with Crippen molar-refractivity contribution < 1.29 is 22.7 Å². The Labute approximate surface area is 119 Å². The van der Waals surface area contributed by atoms with E-state index in [4.69, 9.17) is 0 Å². The summed E-state index contributed by atoms with van der Waals surface area (Å²) in [6.07, 6.45) is -2.67. The molecular formula is C13H7F4N3O2. The highest BCUT2D eigenvalue weighted by Crippen LogP contribution is 2.29. The van der Waals surface area contributed by atoms with Crippen LogP contribution < -0.4 is 5.56 Å². The average molecular weight is 313 g/mol. The van der Waals surface area contributed by atoms with Crippen molar-refractivity contribution >= 4 is 5.78 Å². The van der Waals surface area contributed by atoms with Crippen molar-refractivity contribution in [2.24, 2.45) is 0 Å². The smallest absolute Gasteiger partial charge is 0.432 e. The third-order valence-electron chi connectivity index (χ3n) is 3.02. The number of aromatic hydroxyl groups is 1. The van der Waals surface area contributed by atoms with Crippen LogP contribution in [0, 0.1) is 5.82 Å². The molecule has 0 atom stereocenters. The summed E-state index contributed by atoms with van der Waals surface area (Å²) in [6, 6.07) is 3.30. The van der Waals surface area contributed by atoms with E-state index in [1.54, 1.807) is 0 Å². The molecule has 9 heteroatoms. The Morgan fingerprint density at radius 3 is 2.55 bits per heavy atom. The molecule has 3 rings (SSSR count). The molecule has 22 heavy (non-hydrogen) atoms. The topological polar surface area (TPSA) is 59.5 Å². The molecule has 0 fully saturated rings. The number of imidazole rings is 1. The van der Waals surface area contributed by atoms with Crippen LogP contribution in [0.15, 0.2) is 41.5 Å². The van der Waals surface area contributed by atoms with E-state index in [2.05, 4.69) is 4.98 Å². The van der Waals surface area contributed by atoms with Crippen molar-refractivity contribution in [3.05, 3.63) is 58.5 Å². The monoisotopic (exact) mass is 313 g/mol. The molecule has 114 valence electrons. The van der Waals surface area contributed by atoms with Crippen LogP contribution in [0.4, 0.5) is 17.6 Å². The zero-order chi connectivity index (χ0) is 16.1. The molecule has 0 saturated heterocycles. The second-order valence-electron chi connectivity index (χ2n) is 4.43. The van der Waals surface area contributed by atoms with Crippen molar-refractivity contribution in [2.45, 2.75) is 6.18 Å². The summed E-state index contributed by atoms with van der Waals surface area (Å²) >= 11 is 0. The first kappa shape index (κ1) is 14.1. The van der Waals surface area contributed by atoms with Crippen LogP contribution in [0.2, 0.25) is 0 Å². The number of aromatic nitrogens is 3. The molecule has 1 N–H and O–H groups in total. The molecule has 2 heterocycles. The summed E-state index contributed by atoms with van der Waals surface area (Å²) in [5.41, 5.74) is -2.61. The number of nitrogens with zero attached hydrogens (tertiary/aromatic N) is 3. The first-order valence-corrected chi connectivity index (χ1v) is 5.94. The van der Waals surface area contributed by atoms with Gasteiger partial charge in [-0.2, -0.15) is 13.2 Å². The number of phenols is 1. The molecular weight excluding hydrogens is 306 g/mol. The van der Waals surface area contributed by atoms with Crippen molar-refractivity contribution in [2.75, 3.05) is 0 Å². The largest absolute Gasteiger partial charge is 0.508 e. The van der Waals surface area contributed by atoms with Gasteiger partial charge in [0.1, 0.15) is 11.4 Å². The summed E-state index contributed by atoms with van der Waals surface area (Å²) in [5, 5.41) is 9.18. The molecule has 1 aromatic carbocycles. The van der Waals surface area contributed by atoms with Gasteiger partial charge >= 0.3 is 6.18 Å². The SMILES string of the molecule is O=c1cc(C(F)(F)F)n2ccnc2n1-c1ccc(O)cc1F. The molecule has 0 saturated carbocycles. The maximum absolute atomic E-state index is 13.9. The third kappa shape index (κ3) is 2.10. The fraction of sp³-hybridized carbons (Fsp3) is 0.0769. The Morgan fingerprint density at radius 2 is 1.91 bits per heavy atom. The van der Waals surface area contributed by atoms with Crippen LogP contribution in [0.25, 0.3) is 11.5 Å². The molecule has 0 unspecified atom stereocenters. The summed E-state index contributed by atoms with van der Waals surface area (Å²) in [5.74, 6) is -1.73. The average Bonchev–Trinajstić information content (AvgIpc) is 2.87. The summed E-state index contributed by atoms with van der Waals surface area (Å²) in [7, 11) is 0. The number of hydrogen-bond donors (Lipinski definition) is 1. The predicted octanol–water partition coefficient (Wildman–Crippen LogP) is 2.35. The van der Waals surface area contributed by atoms with E-state index in [0.29, 0.717) is 15.0 Å². The lowest BCUT2D eigenvalue weighted by Crippen LogP contribution is -2.26. The second kappa shape index (κ2) is 4.58. The van der Waals surface area contributed by atoms with E-state index < -0.39 is 23.2 Å². The maximum atomic E-state index is 13.9. The minimum atomic E-state index is -4.76. The van der Waals surface area contributed by atoms with E-state index in [1.165, 1.54) is 0 Å². The summed E-state index contributed by atoms with van der Waals surface area (Å²) < 4.78 is 54.1. The maximum Gasteiger partial charge on any atom is 0.432 e. The Balaban J connectivity index is 2.40. The van der Waals surface area contributed by atoms with Crippen LogP contribution in [-0.4, -0.2) is 19.1 Å². The molecule has 0 aliphatic carbocycles. The van der Waals surface area contributed by atoms with Crippen LogP contribution in [-0.2, 0) is 6.18 Å².